The Bertz CT molecular complexity index is 911. The number of aliphatic hydroxyl groups is 1. The van der Waals surface area contributed by atoms with Gasteiger partial charge in [0.15, 0.2) is 0 Å². The summed E-state index contributed by atoms with van der Waals surface area (Å²) in [6.07, 6.45) is -0.492. The highest BCUT2D eigenvalue weighted by Crippen LogP contribution is 2.47. The van der Waals surface area contributed by atoms with Crippen LogP contribution in [0.2, 0.25) is 0 Å². The van der Waals surface area contributed by atoms with Crippen LogP contribution in [0.25, 0.3) is 0 Å². The monoisotopic (exact) mass is 376 g/mol. The lowest BCUT2D eigenvalue weighted by Gasteiger charge is -2.34. The Morgan fingerprint density at radius 3 is 2.19 bits per heavy atom. The van der Waals surface area contributed by atoms with Crippen molar-refractivity contribution in [1.29, 1.82) is 0 Å². The molecule has 0 fully saturated rings. The highest BCUT2D eigenvalue weighted by molar-refractivity contribution is 7.99. The van der Waals surface area contributed by atoms with E-state index in [0.29, 0.717) is 13.1 Å². The number of nitrogens with zero attached hydrogens (tertiary/aromatic N) is 1. The summed E-state index contributed by atoms with van der Waals surface area (Å²) in [6.45, 7) is 5.28. The molecule has 0 radical (unpaired) electrons. The number of β-amino-alcohol motifs (C(OH)–C–C–N with tert-alkyl or cyclic N) is 1. The fraction of sp³-hybridized carbons (Fsp3) is 0.217. The number of hydrogen-bond acceptors (Lipinski definition) is 4. The lowest BCUT2D eigenvalue weighted by molar-refractivity contribution is 0.195. The topological polar surface area (TPSA) is 35.5 Å². The molecule has 27 heavy (non-hydrogen) atoms. The van der Waals surface area contributed by atoms with E-state index in [4.69, 9.17) is 0 Å². The number of aliphatic hydroxyl groups excluding tert-OH is 1. The minimum Gasteiger partial charge on any atom is -0.389 e. The first kappa shape index (κ1) is 18.0. The van der Waals surface area contributed by atoms with Crippen molar-refractivity contribution in [3.05, 3.63) is 77.9 Å². The minimum absolute atomic E-state index is 0.492. The molecular weight excluding hydrogens is 352 g/mol. The van der Waals surface area contributed by atoms with Gasteiger partial charge in [0.25, 0.3) is 0 Å². The van der Waals surface area contributed by atoms with Gasteiger partial charge in [0, 0.05) is 22.0 Å². The Hall–Kier alpha value is -2.43. The van der Waals surface area contributed by atoms with Gasteiger partial charge in [-0.15, -0.1) is 0 Å². The zero-order valence-electron chi connectivity index (χ0n) is 15.6. The second kappa shape index (κ2) is 7.67. The van der Waals surface area contributed by atoms with Crippen LogP contribution in [0.1, 0.15) is 11.1 Å². The molecule has 0 saturated heterocycles. The molecule has 1 atom stereocenters. The molecule has 2 N–H and O–H groups in total. The summed E-state index contributed by atoms with van der Waals surface area (Å²) in [5, 5.41) is 14.2. The van der Waals surface area contributed by atoms with Crippen LogP contribution < -0.4 is 10.2 Å². The van der Waals surface area contributed by atoms with E-state index in [-0.39, 0.29) is 0 Å². The van der Waals surface area contributed by atoms with Crippen molar-refractivity contribution in [2.24, 2.45) is 0 Å². The fourth-order valence-corrected chi connectivity index (χ4v) is 4.52. The molecule has 0 aliphatic carbocycles. The number of nitrogens with one attached hydrogen (secondary N) is 1. The summed E-state index contributed by atoms with van der Waals surface area (Å²) in [6, 6.07) is 23.0. The molecule has 0 amide bonds. The molecule has 0 aromatic heterocycles. The van der Waals surface area contributed by atoms with Crippen molar-refractivity contribution in [2.75, 3.05) is 23.3 Å². The quantitative estimate of drug-likeness (QED) is 0.627. The van der Waals surface area contributed by atoms with E-state index in [1.54, 1.807) is 11.8 Å². The standard InChI is InChI=1S/C23H24N2OS/c1-16-8-7-9-19(17(16)2)24-14-18(26)15-25-20-10-3-5-12-22(20)27-23-13-6-4-11-21(23)25/h3-13,18,24,26H,14-15H2,1-2H3/t18-/m1/s1. The van der Waals surface area contributed by atoms with Gasteiger partial charge in [-0.25, -0.2) is 0 Å². The Labute approximate surface area is 165 Å². The molecule has 0 saturated carbocycles. The van der Waals surface area contributed by atoms with Gasteiger partial charge in [0.1, 0.15) is 0 Å². The van der Waals surface area contributed by atoms with Crippen molar-refractivity contribution in [2.45, 2.75) is 29.7 Å². The second-order valence-electron chi connectivity index (χ2n) is 6.93. The van der Waals surface area contributed by atoms with E-state index in [9.17, 15) is 5.11 Å². The van der Waals surface area contributed by atoms with E-state index < -0.39 is 6.10 Å². The first-order chi connectivity index (χ1) is 13.1. The Kier molecular flexibility index (Phi) is 5.10. The van der Waals surface area contributed by atoms with Gasteiger partial charge in [-0.2, -0.15) is 0 Å². The summed E-state index contributed by atoms with van der Waals surface area (Å²) in [5.41, 5.74) is 5.89. The van der Waals surface area contributed by atoms with Crippen molar-refractivity contribution >= 4 is 28.8 Å². The molecule has 138 valence electrons. The average molecular weight is 377 g/mol. The SMILES string of the molecule is Cc1cccc(NC[C@@H](O)CN2c3ccccc3Sc3ccccc32)c1C. The molecule has 4 heteroatoms. The third kappa shape index (κ3) is 3.68. The largest absolute Gasteiger partial charge is 0.389 e. The number of benzene rings is 3. The lowest BCUT2D eigenvalue weighted by atomic mass is 10.1. The Morgan fingerprint density at radius 2 is 1.52 bits per heavy atom. The van der Waals surface area contributed by atoms with Crippen molar-refractivity contribution < 1.29 is 5.11 Å². The average Bonchev–Trinajstić information content (AvgIpc) is 2.69. The summed E-state index contributed by atoms with van der Waals surface area (Å²) >= 11 is 1.79. The van der Waals surface area contributed by atoms with E-state index in [1.165, 1.54) is 20.9 Å². The molecule has 3 aromatic carbocycles. The molecule has 3 aromatic rings. The van der Waals surface area contributed by atoms with E-state index in [2.05, 4.69) is 84.7 Å². The zero-order valence-corrected chi connectivity index (χ0v) is 16.5. The number of fused-ring (bicyclic) bond motifs is 2. The molecule has 1 aliphatic rings. The number of hydrogen-bond donors (Lipinski definition) is 2. The summed E-state index contributed by atoms with van der Waals surface area (Å²) < 4.78 is 0. The minimum atomic E-state index is -0.492. The van der Waals surface area contributed by atoms with Crippen LogP contribution in [-0.2, 0) is 0 Å². The van der Waals surface area contributed by atoms with Crippen LogP contribution in [0.5, 0.6) is 0 Å². The van der Waals surface area contributed by atoms with Crippen LogP contribution in [0.15, 0.2) is 76.5 Å². The molecule has 4 rings (SSSR count). The highest BCUT2D eigenvalue weighted by atomic mass is 32.2. The van der Waals surface area contributed by atoms with Crippen molar-refractivity contribution in [1.82, 2.24) is 0 Å². The summed E-state index contributed by atoms with van der Waals surface area (Å²) in [7, 11) is 0. The smallest absolute Gasteiger partial charge is 0.0891 e. The summed E-state index contributed by atoms with van der Waals surface area (Å²) in [5.74, 6) is 0. The number of aryl methyl sites for hydroxylation is 1. The van der Waals surface area contributed by atoms with Crippen LogP contribution in [0.3, 0.4) is 0 Å². The molecule has 0 unspecified atom stereocenters. The first-order valence-corrected chi connectivity index (χ1v) is 10.1. The third-order valence-electron chi connectivity index (χ3n) is 5.06. The Morgan fingerprint density at radius 1 is 0.889 bits per heavy atom. The molecule has 3 nitrogen and oxygen atoms in total. The van der Waals surface area contributed by atoms with E-state index in [1.807, 2.05) is 6.07 Å². The number of para-hydroxylation sites is 2. The van der Waals surface area contributed by atoms with Gasteiger partial charge in [-0.1, -0.05) is 48.2 Å². The van der Waals surface area contributed by atoms with Gasteiger partial charge in [0.2, 0.25) is 0 Å². The first-order valence-electron chi connectivity index (χ1n) is 9.25. The molecule has 0 bridgehead atoms. The van der Waals surface area contributed by atoms with Crippen LogP contribution in [0, 0.1) is 13.8 Å². The number of anilines is 3. The number of rotatable bonds is 5. The van der Waals surface area contributed by atoms with E-state index in [0.717, 1.165) is 17.1 Å². The molecule has 1 aliphatic heterocycles. The molecule has 0 spiro atoms. The maximum atomic E-state index is 10.8. The van der Waals surface area contributed by atoms with Crippen LogP contribution in [0.4, 0.5) is 17.1 Å². The molecular formula is C23H24N2OS. The van der Waals surface area contributed by atoms with E-state index >= 15 is 0 Å². The van der Waals surface area contributed by atoms with Gasteiger partial charge in [-0.3, -0.25) is 0 Å². The second-order valence-corrected chi connectivity index (χ2v) is 8.01. The maximum Gasteiger partial charge on any atom is 0.0891 e. The normalized spacial score (nSPS) is 13.7. The Balaban J connectivity index is 1.53. The van der Waals surface area contributed by atoms with Crippen LogP contribution in [-0.4, -0.2) is 24.3 Å². The van der Waals surface area contributed by atoms with Crippen molar-refractivity contribution in [3.63, 3.8) is 0 Å². The fourth-order valence-electron chi connectivity index (χ4n) is 3.42. The van der Waals surface area contributed by atoms with Gasteiger partial charge < -0.3 is 15.3 Å². The third-order valence-corrected chi connectivity index (χ3v) is 6.19. The molecule has 1 heterocycles. The predicted molar refractivity (Wildman–Crippen MR) is 114 cm³/mol. The van der Waals surface area contributed by atoms with Gasteiger partial charge in [-0.05, 0) is 55.3 Å². The summed E-state index contributed by atoms with van der Waals surface area (Å²) in [4.78, 5) is 4.69. The predicted octanol–water partition coefficient (Wildman–Crippen LogP) is 5.38. The van der Waals surface area contributed by atoms with Gasteiger partial charge in [0.05, 0.1) is 24.0 Å². The van der Waals surface area contributed by atoms with Gasteiger partial charge >= 0.3 is 0 Å². The highest BCUT2D eigenvalue weighted by Gasteiger charge is 2.24. The zero-order chi connectivity index (χ0) is 18.8. The lowest BCUT2D eigenvalue weighted by Crippen LogP contribution is -2.34. The van der Waals surface area contributed by atoms with Crippen LogP contribution >= 0.6 is 11.8 Å². The van der Waals surface area contributed by atoms with Crippen molar-refractivity contribution in [3.8, 4) is 0 Å². The maximum absolute atomic E-state index is 10.8.